The third-order valence-corrected chi connectivity index (χ3v) is 14.7. The Morgan fingerprint density at radius 1 is 1.15 bits per heavy atom. The van der Waals surface area contributed by atoms with Gasteiger partial charge in [-0.05, 0) is 74.9 Å². The van der Waals surface area contributed by atoms with E-state index in [1.165, 1.54) is 27.3 Å². The number of urea groups is 1. The molecule has 6 bridgehead atoms. The summed E-state index contributed by atoms with van der Waals surface area (Å²) < 4.78 is 20.2. The number of hydrazine groups is 1. The normalized spacial score (nSPS) is 22.9. The van der Waals surface area contributed by atoms with Crippen LogP contribution in [0.4, 0.5) is 4.79 Å². The molecule has 364 valence electrons. The van der Waals surface area contributed by atoms with Gasteiger partial charge in [-0.2, -0.15) is 0 Å². The summed E-state index contributed by atoms with van der Waals surface area (Å²) in [5, 5.41) is 8.08. The summed E-state index contributed by atoms with van der Waals surface area (Å²) in [5.41, 5.74) is 9.22. The number of hydrogen-bond acceptors (Lipinski definition) is 12. The number of nitrogens with zero attached hydrogens (tertiary/aromatic N) is 7. The van der Waals surface area contributed by atoms with E-state index in [9.17, 15) is 24.0 Å². The molecule has 0 unspecified atom stereocenters. The summed E-state index contributed by atoms with van der Waals surface area (Å²) in [5.74, 6) is -1.98. The van der Waals surface area contributed by atoms with Gasteiger partial charge in [-0.15, -0.1) is 11.3 Å². The zero-order valence-electron chi connectivity index (χ0n) is 40.5. The van der Waals surface area contributed by atoms with Gasteiger partial charge in [0.1, 0.15) is 18.1 Å². The first-order valence-corrected chi connectivity index (χ1v) is 24.6. The fourth-order valence-electron chi connectivity index (χ4n) is 10.3. The smallest absolute Gasteiger partial charge is 0.324 e. The lowest BCUT2D eigenvalue weighted by Crippen LogP contribution is -2.62. The van der Waals surface area contributed by atoms with Gasteiger partial charge in [-0.3, -0.25) is 29.2 Å². The number of esters is 1. The second kappa shape index (κ2) is 20.1. The molecule has 6 atom stereocenters. The van der Waals surface area contributed by atoms with Crippen molar-refractivity contribution in [1.82, 2.24) is 45.0 Å². The van der Waals surface area contributed by atoms with Crippen molar-refractivity contribution >= 4 is 52.0 Å². The van der Waals surface area contributed by atoms with E-state index in [0.717, 1.165) is 44.7 Å². The maximum atomic E-state index is 14.7. The zero-order valence-corrected chi connectivity index (χ0v) is 41.3. The number of hydrogen-bond donors (Lipinski definition) is 2. The number of carbonyl (C=O) groups is 5. The average Bonchev–Trinajstić information content (AvgIpc) is 4.07. The van der Waals surface area contributed by atoms with Crippen molar-refractivity contribution < 1.29 is 38.2 Å². The molecule has 3 saturated heterocycles. The highest BCUT2D eigenvalue weighted by molar-refractivity contribution is 7.10. The fraction of sp³-hybridized carbons (Fsp3) is 0.540. The molecule has 17 nitrogen and oxygen atoms in total. The second-order valence-electron chi connectivity index (χ2n) is 19.5. The van der Waals surface area contributed by atoms with E-state index < -0.39 is 47.4 Å². The van der Waals surface area contributed by atoms with E-state index in [1.807, 2.05) is 32.2 Å². The molecule has 8 rings (SSSR count). The molecule has 4 aromatic rings. The molecule has 7 heterocycles. The topological polar surface area (TPSA) is 181 Å². The van der Waals surface area contributed by atoms with Gasteiger partial charge in [-0.25, -0.2) is 15.2 Å². The lowest BCUT2D eigenvalue weighted by atomic mass is 9.84. The highest BCUT2D eigenvalue weighted by Gasteiger charge is 2.46. The number of morpholine rings is 1. The molecule has 5 amide bonds. The number of thiazole rings is 1. The molecule has 0 spiro atoms. The SMILES string of the molecule is C=CC(=O)N1CCO[C@@H]2CN(C(=O)N(C)[C@H](C(=O)N[C@H]3Cc4nc(cs4)-c4ccc5c(c4)c(c(-c4cccnc4[C@H](C)OC)n5CC)CC(C)(C)COC(=O)[C@@H]4CCCN(N4)C3=O)C(C)C)C[C@H]21. The van der Waals surface area contributed by atoms with E-state index in [2.05, 4.69) is 66.9 Å². The Bertz CT molecular complexity index is 2570. The van der Waals surface area contributed by atoms with Crippen LogP contribution in [0.3, 0.4) is 0 Å². The monoisotopic (exact) mass is 951 g/mol. The minimum Gasteiger partial charge on any atom is -0.464 e. The van der Waals surface area contributed by atoms with Gasteiger partial charge in [0, 0.05) is 85.8 Å². The summed E-state index contributed by atoms with van der Waals surface area (Å²) in [6.07, 6.45) is 4.05. The maximum absolute atomic E-state index is 14.7. The van der Waals surface area contributed by atoms with Crippen LogP contribution in [-0.2, 0) is 52.8 Å². The van der Waals surface area contributed by atoms with Crippen molar-refractivity contribution in [3.63, 3.8) is 0 Å². The van der Waals surface area contributed by atoms with E-state index in [-0.39, 0.29) is 56.2 Å². The van der Waals surface area contributed by atoms with Crippen molar-refractivity contribution in [2.24, 2.45) is 11.3 Å². The predicted octanol–water partition coefficient (Wildman–Crippen LogP) is 5.38. The number of rotatable bonds is 9. The number of carbonyl (C=O) groups excluding carboxylic acids is 5. The highest BCUT2D eigenvalue weighted by atomic mass is 32.1. The van der Waals surface area contributed by atoms with Crippen LogP contribution in [0.2, 0.25) is 0 Å². The number of amides is 5. The van der Waals surface area contributed by atoms with Crippen LogP contribution in [-0.4, -0.2) is 148 Å². The Kier molecular flexibility index (Phi) is 14.4. The molecule has 4 aliphatic rings. The Morgan fingerprint density at radius 2 is 1.94 bits per heavy atom. The maximum Gasteiger partial charge on any atom is 0.324 e. The third kappa shape index (κ3) is 9.65. The zero-order chi connectivity index (χ0) is 48.6. The van der Waals surface area contributed by atoms with Crippen LogP contribution in [0.1, 0.15) is 76.8 Å². The predicted molar refractivity (Wildman–Crippen MR) is 258 cm³/mol. The molecule has 0 saturated carbocycles. The summed E-state index contributed by atoms with van der Waals surface area (Å²) in [7, 11) is 3.27. The number of benzene rings is 1. The van der Waals surface area contributed by atoms with Gasteiger partial charge in [0.15, 0.2) is 0 Å². The molecule has 0 radical (unpaired) electrons. The largest absolute Gasteiger partial charge is 0.464 e. The molecule has 68 heavy (non-hydrogen) atoms. The summed E-state index contributed by atoms with van der Waals surface area (Å²) in [6, 6.07) is 6.80. The molecule has 2 N–H and O–H groups in total. The van der Waals surface area contributed by atoms with E-state index >= 15 is 0 Å². The average molecular weight is 952 g/mol. The van der Waals surface area contributed by atoms with Crippen LogP contribution in [0.5, 0.6) is 0 Å². The lowest BCUT2D eigenvalue weighted by Gasteiger charge is -2.37. The summed E-state index contributed by atoms with van der Waals surface area (Å²) in [4.78, 5) is 84.7. The Balaban J connectivity index is 1.14. The van der Waals surface area contributed by atoms with Crippen LogP contribution in [0.25, 0.3) is 33.4 Å². The highest BCUT2D eigenvalue weighted by Crippen LogP contribution is 2.42. The molecular formula is C50H65N9O8S. The number of cyclic esters (lactones) is 1. The number of likely N-dealkylation sites (N-methyl/N-ethyl adjacent to an activating group) is 1. The van der Waals surface area contributed by atoms with Gasteiger partial charge < -0.3 is 38.8 Å². The Hall–Kier alpha value is -5.69. The Labute approximate surface area is 402 Å². The number of aromatic nitrogens is 3. The van der Waals surface area contributed by atoms with Crippen LogP contribution < -0.4 is 10.7 Å². The number of nitrogens with one attached hydrogen (secondary N) is 2. The van der Waals surface area contributed by atoms with Crippen LogP contribution in [0.15, 0.2) is 54.6 Å². The number of aryl methyl sites for hydroxylation is 1. The molecular weight excluding hydrogens is 887 g/mol. The minimum absolute atomic E-state index is 0.0600. The quantitative estimate of drug-likeness (QED) is 0.163. The standard InChI is InChI=1S/C50H65N9O8S/c1-10-42(60)58-20-21-66-40-26-56(25-39(40)58)49(64)55(8)44(29(3)4)46(61)53-36-23-41-52-37(27-68-41)31-16-17-38-33(22-31)34(45(57(38)11-2)32-14-12-18-51-43(32)30(5)65-9)24-50(6,7)28-67-48(63)35-15-13-19-59(54-35)47(36)62/h10,12,14,16-18,22,27,29-30,35-36,39-40,44,54H,1,11,13,15,19-21,23-26,28H2,2-9H3,(H,53,61)/t30-,35-,36-,39+,40+,44-/m0/s1. The first-order valence-electron chi connectivity index (χ1n) is 23.7. The van der Waals surface area contributed by atoms with Crippen molar-refractivity contribution in [2.45, 2.75) is 110 Å². The molecule has 0 aliphatic carbocycles. The van der Waals surface area contributed by atoms with Gasteiger partial charge in [-0.1, -0.05) is 40.3 Å². The second-order valence-corrected chi connectivity index (χ2v) is 20.4. The van der Waals surface area contributed by atoms with Crippen molar-refractivity contribution in [2.75, 3.05) is 53.6 Å². The molecule has 3 fully saturated rings. The van der Waals surface area contributed by atoms with E-state index in [0.29, 0.717) is 50.5 Å². The van der Waals surface area contributed by atoms with Crippen LogP contribution >= 0.6 is 11.3 Å². The first-order chi connectivity index (χ1) is 32.5. The minimum atomic E-state index is -1.11. The summed E-state index contributed by atoms with van der Waals surface area (Å²) in [6.45, 7) is 18.0. The van der Waals surface area contributed by atoms with E-state index in [1.54, 1.807) is 30.2 Å². The van der Waals surface area contributed by atoms with Crippen molar-refractivity contribution in [1.29, 1.82) is 0 Å². The summed E-state index contributed by atoms with van der Waals surface area (Å²) >= 11 is 1.40. The Morgan fingerprint density at radius 3 is 2.68 bits per heavy atom. The van der Waals surface area contributed by atoms with Crippen molar-refractivity contribution in [3.05, 3.63) is 70.8 Å². The number of fused-ring (bicyclic) bond motifs is 7. The van der Waals surface area contributed by atoms with Gasteiger partial charge >= 0.3 is 12.0 Å². The fourth-order valence-corrected chi connectivity index (χ4v) is 11.2. The van der Waals surface area contributed by atoms with Gasteiger partial charge in [0.25, 0.3) is 5.91 Å². The van der Waals surface area contributed by atoms with Gasteiger partial charge in [0.05, 0.1) is 60.1 Å². The number of likely N-dealkylation sites (tertiary alicyclic amines) is 1. The third-order valence-electron chi connectivity index (χ3n) is 13.8. The lowest BCUT2D eigenvalue weighted by molar-refractivity contribution is -0.155. The number of ether oxygens (including phenoxy) is 3. The number of pyridine rings is 1. The molecule has 18 heteroatoms. The first kappa shape index (κ1) is 48.8. The molecule has 1 aromatic carbocycles. The van der Waals surface area contributed by atoms with E-state index in [4.69, 9.17) is 24.2 Å². The van der Waals surface area contributed by atoms with Crippen LogP contribution in [0, 0.1) is 11.3 Å². The molecule has 4 aliphatic heterocycles. The molecule has 3 aromatic heterocycles. The van der Waals surface area contributed by atoms with Crippen molar-refractivity contribution in [3.8, 4) is 22.5 Å². The van der Waals surface area contributed by atoms with Gasteiger partial charge in [0.2, 0.25) is 11.8 Å². The number of methoxy groups -OCH3 is 1.